The third-order valence-corrected chi connectivity index (χ3v) is 5.66. The summed E-state index contributed by atoms with van der Waals surface area (Å²) in [4.78, 5) is 30.1. The van der Waals surface area contributed by atoms with Gasteiger partial charge in [0.05, 0.1) is 12.5 Å². The van der Waals surface area contributed by atoms with Crippen LogP contribution >= 0.6 is 0 Å². The van der Waals surface area contributed by atoms with Gasteiger partial charge in [0.1, 0.15) is 0 Å². The maximum atomic E-state index is 13.5. The zero-order valence-electron chi connectivity index (χ0n) is 17.0. The smallest absolute Gasteiger partial charge is 0.234 e. The molecule has 0 unspecified atom stereocenters. The highest BCUT2D eigenvalue weighted by molar-refractivity contribution is 5.97. The molecule has 3 aromatic rings. The van der Waals surface area contributed by atoms with E-state index < -0.39 is 0 Å². The van der Waals surface area contributed by atoms with Gasteiger partial charge in [-0.15, -0.1) is 0 Å². The molecular weight excluding hydrogens is 372 g/mol. The summed E-state index contributed by atoms with van der Waals surface area (Å²) in [5.74, 6) is -0.0480. The van der Waals surface area contributed by atoms with Crippen LogP contribution in [0.4, 0.5) is 0 Å². The summed E-state index contributed by atoms with van der Waals surface area (Å²) in [6, 6.07) is 29.3. The Morgan fingerprint density at radius 1 is 0.667 bits per heavy atom. The zero-order chi connectivity index (χ0) is 20.8. The summed E-state index contributed by atoms with van der Waals surface area (Å²) in [6.45, 7) is 3.09. The van der Waals surface area contributed by atoms with Crippen LogP contribution in [0.1, 0.15) is 27.4 Å². The molecule has 152 valence electrons. The summed E-state index contributed by atoms with van der Waals surface area (Å²) in [6.07, 6.45) is 0. The lowest BCUT2D eigenvalue weighted by molar-refractivity contribution is -0.133. The molecule has 0 atom stereocenters. The molecule has 1 heterocycles. The Bertz CT molecular complexity index is 926. The van der Waals surface area contributed by atoms with Crippen molar-refractivity contribution in [3.63, 3.8) is 0 Å². The van der Waals surface area contributed by atoms with Crippen LogP contribution in [0.25, 0.3) is 0 Å². The lowest BCUT2D eigenvalue weighted by Crippen LogP contribution is -2.51. The number of ketones is 1. The van der Waals surface area contributed by atoms with E-state index >= 15 is 0 Å². The number of piperazine rings is 1. The Balaban J connectivity index is 1.43. The van der Waals surface area contributed by atoms with E-state index in [-0.39, 0.29) is 17.6 Å². The summed E-state index contributed by atoms with van der Waals surface area (Å²) in [5, 5.41) is 0. The molecular formula is C26H26N2O2. The van der Waals surface area contributed by atoms with E-state index in [4.69, 9.17) is 0 Å². The van der Waals surface area contributed by atoms with E-state index in [9.17, 15) is 9.59 Å². The Morgan fingerprint density at radius 3 is 1.63 bits per heavy atom. The number of carbonyl (C=O) groups is 2. The minimum Gasteiger partial charge on any atom is -0.339 e. The third-order valence-electron chi connectivity index (χ3n) is 5.66. The maximum absolute atomic E-state index is 13.5. The van der Waals surface area contributed by atoms with Crippen molar-refractivity contribution in [2.45, 2.75) is 5.92 Å². The molecule has 1 saturated heterocycles. The van der Waals surface area contributed by atoms with Crippen LogP contribution < -0.4 is 0 Å². The van der Waals surface area contributed by atoms with E-state index in [2.05, 4.69) is 4.90 Å². The highest BCUT2D eigenvalue weighted by Crippen LogP contribution is 2.27. The minimum absolute atomic E-state index is 0.126. The van der Waals surface area contributed by atoms with Gasteiger partial charge in [0.25, 0.3) is 0 Å². The van der Waals surface area contributed by atoms with Crippen LogP contribution in [0.2, 0.25) is 0 Å². The zero-order valence-corrected chi connectivity index (χ0v) is 17.0. The lowest BCUT2D eigenvalue weighted by atomic mass is 9.90. The molecule has 0 N–H and O–H groups in total. The number of Topliss-reactive ketones (excluding diaryl/α,β-unsaturated/α-hetero) is 1. The molecule has 30 heavy (non-hydrogen) atoms. The van der Waals surface area contributed by atoms with Crippen molar-refractivity contribution in [1.82, 2.24) is 9.80 Å². The van der Waals surface area contributed by atoms with Gasteiger partial charge in [0.15, 0.2) is 5.78 Å². The first kappa shape index (κ1) is 20.0. The van der Waals surface area contributed by atoms with Crippen molar-refractivity contribution in [1.29, 1.82) is 0 Å². The molecule has 1 fully saturated rings. The molecule has 0 radical (unpaired) electrons. The van der Waals surface area contributed by atoms with Crippen LogP contribution in [-0.2, 0) is 4.79 Å². The molecule has 0 bridgehead atoms. The second kappa shape index (κ2) is 9.51. The summed E-state index contributed by atoms with van der Waals surface area (Å²) < 4.78 is 0. The molecule has 1 aliphatic rings. The van der Waals surface area contributed by atoms with E-state index in [1.807, 2.05) is 95.9 Å². The lowest BCUT2D eigenvalue weighted by Gasteiger charge is -2.36. The summed E-state index contributed by atoms with van der Waals surface area (Å²) in [7, 11) is 0. The van der Waals surface area contributed by atoms with Crippen LogP contribution in [0.3, 0.4) is 0 Å². The number of carbonyl (C=O) groups excluding carboxylic acids is 2. The highest BCUT2D eigenvalue weighted by Gasteiger charge is 2.30. The molecule has 0 spiro atoms. The first-order chi connectivity index (χ1) is 14.7. The molecule has 3 aromatic carbocycles. The highest BCUT2D eigenvalue weighted by atomic mass is 16.2. The fourth-order valence-corrected chi connectivity index (χ4v) is 4.00. The maximum Gasteiger partial charge on any atom is 0.234 e. The second-order valence-corrected chi connectivity index (χ2v) is 7.65. The molecule has 1 amide bonds. The third kappa shape index (κ3) is 4.66. The van der Waals surface area contributed by atoms with Crippen molar-refractivity contribution < 1.29 is 9.59 Å². The van der Waals surface area contributed by atoms with Crippen molar-refractivity contribution in [3.8, 4) is 0 Å². The number of nitrogens with zero attached hydrogens (tertiary/aromatic N) is 2. The largest absolute Gasteiger partial charge is 0.339 e. The molecule has 0 aromatic heterocycles. The minimum atomic E-state index is -0.301. The van der Waals surface area contributed by atoms with Gasteiger partial charge in [0, 0.05) is 31.7 Å². The van der Waals surface area contributed by atoms with Crippen LogP contribution in [-0.4, -0.2) is 54.2 Å². The van der Waals surface area contributed by atoms with Gasteiger partial charge in [-0.3, -0.25) is 14.5 Å². The Morgan fingerprint density at radius 2 is 1.13 bits per heavy atom. The SMILES string of the molecule is O=C(CN1CCN(C(=O)C(c2ccccc2)c2ccccc2)CC1)c1ccccc1. The molecule has 4 nitrogen and oxygen atoms in total. The molecule has 0 aliphatic carbocycles. The Kier molecular flexibility index (Phi) is 6.35. The number of hydrogen-bond donors (Lipinski definition) is 0. The monoisotopic (exact) mass is 398 g/mol. The first-order valence-corrected chi connectivity index (χ1v) is 10.4. The van der Waals surface area contributed by atoms with Gasteiger partial charge >= 0.3 is 0 Å². The second-order valence-electron chi connectivity index (χ2n) is 7.65. The van der Waals surface area contributed by atoms with Gasteiger partial charge < -0.3 is 4.90 Å². The van der Waals surface area contributed by atoms with Gasteiger partial charge in [0.2, 0.25) is 5.91 Å². The van der Waals surface area contributed by atoms with Crippen LogP contribution in [0.15, 0.2) is 91.0 Å². The van der Waals surface area contributed by atoms with Gasteiger partial charge in [-0.25, -0.2) is 0 Å². The normalized spacial score (nSPS) is 14.6. The van der Waals surface area contributed by atoms with Gasteiger partial charge in [-0.1, -0.05) is 91.0 Å². The van der Waals surface area contributed by atoms with Crippen molar-refractivity contribution in [2.24, 2.45) is 0 Å². The Hall–Kier alpha value is -3.24. The van der Waals surface area contributed by atoms with E-state index in [1.165, 1.54) is 0 Å². The van der Waals surface area contributed by atoms with Crippen molar-refractivity contribution in [3.05, 3.63) is 108 Å². The molecule has 4 rings (SSSR count). The molecule has 1 aliphatic heterocycles. The topological polar surface area (TPSA) is 40.6 Å². The number of amides is 1. The fourth-order valence-electron chi connectivity index (χ4n) is 4.00. The van der Waals surface area contributed by atoms with E-state index in [0.29, 0.717) is 32.7 Å². The summed E-state index contributed by atoms with van der Waals surface area (Å²) in [5.41, 5.74) is 2.76. The fraction of sp³-hybridized carbons (Fsp3) is 0.231. The van der Waals surface area contributed by atoms with Crippen molar-refractivity contribution >= 4 is 11.7 Å². The predicted molar refractivity (Wildman–Crippen MR) is 119 cm³/mol. The number of hydrogen-bond acceptors (Lipinski definition) is 3. The number of rotatable bonds is 6. The predicted octanol–water partition coefficient (Wildman–Crippen LogP) is 3.85. The van der Waals surface area contributed by atoms with E-state index in [1.54, 1.807) is 0 Å². The Labute approximate surface area is 177 Å². The van der Waals surface area contributed by atoms with Crippen molar-refractivity contribution in [2.75, 3.05) is 32.7 Å². The van der Waals surface area contributed by atoms with E-state index in [0.717, 1.165) is 16.7 Å². The quantitative estimate of drug-likeness (QED) is 0.592. The molecule has 4 heteroatoms. The average Bonchev–Trinajstić information content (AvgIpc) is 2.81. The van der Waals surface area contributed by atoms with Crippen LogP contribution in [0.5, 0.6) is 0 Å². The molecule has 0 saturated carbocycles. The first-order valence-electron chi connectivity index (χ1n) is 10.4. The van der Waals surface area contributed by atoms with Gasteiger partial charge in [-0.05, 0) is 11.1 Å². The standard InChI is InChI=1S/C26H26N2O2/c29-24(21-10-4-1-5-11-21)20-27-16-18-28(19-17-27)26(30)25(22-12-6-2-7-13-22)23-14-8-3-9-15-23/h1-15,25H,16-20H2. The van der Waals surface area contributed by atoms with Crippen LogP contribution in [0, 0.1) is 0 Å². The number of benzene rings is 3. The van der Waals surface area contributed by atoms with Gasteiger partial charge in [-0.2, -0.15) is 0 Å². The average molecular weight is 399 g/mol. The summed E-state index contributed by atoms with van der Waals surface area (Å²) >= 11 is 0.